The number of nitrogens with zero attached hydrogens (tertiary/aromatic N) is 2. The Morgan fingerprint density at radius 1 is 1.43 bits per heavy atom. The van der Waals surface area contributed by atoms with Crippen molar-refractivity contribution in [3.8, 4) is 17.2 Å². The van der Waals surface area contributed by atoms with Crippen molar-refractivity contribution in [2.24, 2.45) is 0 Å². The van der Waals surface area contributed by atoms with Gasteiger partial charge in [-0.05, 0) is 18.2 Å². The average molecular weight is 190 g/mol. The van der Waals surface area contributed by atoms with Crippen LogP contribution in [0.5, 0.6) is 5.75 Å². The number of rotatable bonds is 2. The van der Waals surface area contributed by atoms with Gasteiger partial charge in [0.2, 0.25) is 0 Å². The van der Waals surface area contributed by atoms with Gasteiger partial charge in [0, 0.05) is 12.0 Å². The van der Waals surface area contributed by atoms with Crippen LogP contribution < -0.4 is 0 Å². The molecule has 0 spiro atoms. The summed E-state index contributed by atoms with van der Waals surface area (Å²) >= 11 is 0. The van der Waals surface area contributed by atoms with Gasteiger partial charge >= 0.3 is 0 Å². The highest BCUT2D eigenvalue weighted by atomic mass is 16.5. The van der Waals surface area contributed by atoms with E-state index in [1.807, 2.05) is 13.0 Å². The summed E-state index contributed by atoms with van der Waals surface area (Å²) in [7, 11) is 0. The molecule has 1 aromatic carbocycles. The lowest BCUT2D eigenvalue weighted by molar-refractivity contribution is 0.422. The summed E-state index contributed by atoms with van der Waals surface area (Å²) < 4.78 is 5.02. The van der Waals surface area contributed by atoms with E-state index in [0.717, 1.165) is 12.0 Å². The van der Waals surface area contributed by atoms with Gasteiger partial charge in [0.25, 0.3) is 5.89 Å². The Labute approximate surface area is 81.2 Å². The van der Waals surface area contributed by atoms with E-state index in [1.54, 1.807) is 18.2 Å². The fourth-order valence-electron chi connectivity index (χ4n) is 1.15. The van der Waals surface area contributed by atoms with Crippen molar-refractivity contribution in [3.63, 3.8) is 0 Å². The van der Waals surface area contributed by atoms with Crippen molar-refractivity contribution < 1.29 is 9.63 Å². The zero-order chi connectivity index (χ0) is 9.97. The number of aromatic nitrogens is 2. The van der Waals surface area contributed by atoms with E-state index in [2.05, 4.69) is 10.1 Å². The van der Waals surface area contributed by atoms with Crippen LogP contribution in [0.1, 0.15) is 12.7 Å². The molecule has 0 unspecified atom stereocenters. The van der Waals surface area contributed by atoms with Crippen molar-refractivity contribution in [1.82, 2.24) is 10.1 Å². The Hall–Kier alpha value is -1.84. The van der Waals surface area contributed by atoms with E-state index in [1.165, 1.54) is 0 Å². The number of phenols is 1. The first-order chi connectivity index (χ1) is 6.79. The Bertz CT molecular complexity index is 437. The molecule has 4 nitrogen and oxygen atoms in total. The smallest absolute Gasteiger partial charge is 0.258 e. The molecular weight excluding hydrogens is 180 g/mol. The fraction of sp³-hybridized carbons (Fsp3) is 0.200. The van der Waals surface area contributed by atoms with Crippen LogP contribution in [-0.2, 0) is 6.42 Å². The number of hydrogen-bond acceptors (Lipinski definition) is 4. The molecular formula is C10H10N2O2. The van der Waals surface area contributed by atoms with E-state index < -0.39 is 0 Å². The predicted octanol–water partition coefficient (Wildman–Crippen LogP) is 2.00. The lowest BCUT2D eigenvalue weighted by Crippen LogP contribution is -1.82. The quantitative estimate of drug-likeness (QED) is 0.786. The topological polar surface area (TPSA) is 59.2 Å². The highest BCUT2D eigenvalue weighted by Crippen LogP contribution is 2.21. The molecule has 4 heteroatoms. The first-order valence-electron chi connectivity index (χ1n) is 4.41. The lowest BCUT2D eigenvalue weighted by atomic mass is 10.2. The van der Waals surface area contributed by atoms with Gasteiger partial charge in [0.15, 0.2) is 5.82 Å². The van der Waals surface area contributed by atoms with Crippen molar-refractivity contribution in [2.45, 2.75) is 13.3 Å². The van der Waals surface area contributed by atoms with Crippen molar-refractivity contribution >= 4 is 0 Å². The summed E-state index contributed by atoms with van der Waals surface area (Å²) in [4.78, 5) is 4.15. The van der Waals surface area contributed by atoms with E-state index in [4.69, 9.17) is 4.52 Å². The monoisotopic (exact) mass is 190 g/mol. The highest BCUT2D eigenvalue weighted by Gasteiger charge is 2.07. The number of aromatic hydroxyl groups is 1. The van der Waals surface area contributed by atoms with Crippen molar-refractivity contribution in [1.29, 1.82) is 0 Å². The Morgan fingerprint density at radius 3 is 2.93 bits per heavy atom. The Balaban J connectivity index is 2.39. The normalized spacial score (nSPS) is 10.4. The van der Waals surface area contributed by atoms with Crippen LogP contribution in [-0.4, -0.2) is 15.2 Å². The molecule has 14 heavy (non-hydrogen) atoms. The maximum absolute atomic E-state index is 9.25. The molecule has 0 fully saturated rings. The summed E-state index contributed by atoms with van der Waals surface area (Å²) in [5.41, 5.74) is 0.734. The predicted molar refractivity (Wildman–Crippen MR) is 50.8 cm³/mol. The molecule has 0 bridgehead atoms. The molecule has 0 aliphatic rings. The summed E-state index contributed by atoms with van der Waals surface area (Å²) in [6, 6.07) is 6.74. The van der Waals surface area contributed by atoms with E-state index in [9.17, 15) is 5.11 Å². The van der Waals surface area contributed by atoms with Crippen LogP contribution in [0.15, 0.2) is 28.8 Å². The third kappa shape index (κ3) is 1.59. The zero-order valence-corrected chi connectivity index (χ0v) is 7.77. The van der Waals surface area contributed by atoms with E-state index in [0.29, 0.717) is 11.7 Å². The van der Waals surface area contributed by atoms with Gasteiger partial charge in [-0.2, -0.15) is 4.98 Å². The third-order valence-electron chi connectivity index (χ3n) is 1.88. The summed E-state index contributed by atoms with van der Waals surface area (Å²) in [5.74, 6) is 1.31. The largest absolute Gasteiger partial charge is 0.508 e. The van der Waals surface area contributed by atoms with Crippen LogP contribution in [0.2, 0.25) is 0 Å². The first kappa shape index (κ1) is 8.74. The molecule has 2 rings (SSSR count). The summed E-state index contributed by atoms with van der Waals surface area (Å²) in [5, 5.41) is 13.0. The average Bonchev–Trinajstić information content (AvgIpc) is 2.66. The maximum atomic E-state index is 9.25. The van der Waals surface area contributed by atoms with Crippen molar-refractivity contribution in [2.75, 3.05) is 0 Å². The molecule has 0 aliphatic heterocycles. The van der Waals surface area contributed by atoms with Crippen molar-refractivity contribution in [3.05, 3.63) is 30.1 Å². The summed E-state index contributed by atoms with van der Waals surface area (Å²) in [6.45, 7) is 1.96. The van der Waals surface area contributed by atoms with Crippen LogP contribution in [0.4, 0.5) is 0 Å². The second kappa shape index (κ2) is 3.49. The van der Waals surface area contributed by atoms with Gasteiger partial charge in [-0.3, -0.25) is 0 Å². The molecule has 72 valence electrons. The fourth-order valence-corrected chi connectivity index (χ4v) is 1.15. The standard InChI is InChI=1S/C10H10N2O2/c1-2-9-11-10(14-12-9)7-4-3-5-8(13)6-7/h3-6,13H,2H2,1H3. The highest BCUT2D eigenvalue weighted by molar-refractivity contribution is 5.55. The van der Waals surface area contributed by atoms with Gasteiger partial charge in [-0.1, -0.05) is 18.1 Å². The minimum Gasteiger partial charge on any atom is -0.508 e. The van der Waals surface area contributed by atoms with E-state index >= 15 is 0 Å². The molecule has 1 N–H and O–H groups in total. The maximum Gasteiger partial charge on any atom is 0.258 e. The molecule has 2 aromatic rings. The van der Waals surface area contributed by atoms with Crippen LogP contribution in [0.25, 0.3) is 11.5 Å². The minimum absolute atomic E-state index is 0.193. The van der Waals surface area contributed by atoms with Gasteiger partial charge in [0.1, 0.15) is 5.75 Å². The van der Waals surface area contributed by atoms with Gasteiger partial charge in [0.05, 0.1) is 0 Å². The number of benzene rings is 1. The van der Waals surface area contributed by atoms with Crippen LogP contribution in [0, 0.1) is 0 Å². The minimum atomic E-state index is 0.193. The van der Waals surface area contributed by atoms with E-state index in [-0.39, 0.29) is 5.75 Å². The molecule has 1 heterocycles. The molecule has 0 saturated heterocycles. The third-order valence-corrected chi connectivity index (χ3v) is 1.88. The lowest BCUT2D eigenvalue weighted by Gasteiger charge is -1.93. The van der Waals surface area contributed by atoms with Crippen LogP contribution >= 0.6 is 0 Å². The zero-order valence-electron chi connectivity index (χ0n) is 7.77. The number of aryl methyl sites for hydroxylation is 1. The molecule has 0 amide bonds. The molecule has 0 saturated carbocycles. The number of hydrogen-bond donors (Lipinski definition) is 1. The van der Waals surface area contributed by atoms with Crippen LogP contribution in [0.3, 0.4) is 0 Å². The number of phenolic OH excluding ortho intramolecular Hbond substituents is 1. The first-order valence-corrected chi connectivity index (χ1v) is 4.41. The second-order valence-electron chi connectivity index (χ2n) is 2.92. The summed E-state index contributed by atoms with van der Waals surface area (Å²) in [6.07, 6.45) is 0.738. The molecule has 1 aromatic heterocycles. The van der Waals surface area contributed by atoms with Gasteiger partial charge in [-0.25, -0.2) is 0 Å². The Morgan fingerprint density at radius 2 is 2.29 bits per heavy atom. The molecule has 0 atom stereocenters. The Kier molecular flexibility index (Phi) is 2.18. The molecule has 0 aliphatic carbocycles. The van der Waals surface area contributed by atoms with Gasteiger partial charge in [-0.15, -0.1) is 0 Å². The SMILES string of the molecule is CCc1noc(-c2cccc(O)c2)n1. The molecule has 0 radical (unpaired) electrons. The second-order valence-corrected chi connectivity index (χ2v) is 2.92. The van der Waals surface area contributed by atoms with Gasteiger partial charge < -0.3 is 9.63 Å².